The van der Waals surface area contributed by atoms with E-state index in [0.29, 0.717) is 13.0 Å². The quantitative estimate of drug-likeness (QED) is 0.0274. The molecule has 0 radical (unpaired) electrons. The summed E-state index contributed by atoms with van der Waals surface area (Å²) >= 11 is 0. The minimum absolute atomic E-state index is 0.122. The van der Waals surface area contributed by atoms with E-state index in [0.717, 1.165) is 70.6 Å². The summed E-state index contributed by atoms with van der Waals surface area (Å²) in [5.74, 6) is -0.326. The van der Waals surface area contributed by atoms with Crippen LogP contribution in [0.3, 0.4) is 0 Å². The normalized spacial score (nSPS) is 21.0. The van der Waals surface area contributed by atoms with E-state index in [-0.39, 0.29) is 19.2 Å². The molecule has 0 aliphatic carbocycles. The van der Waals surface area contributed by atoms with Crippen LogP contribution in [-0.4, -0.2) is 89.6 Å². The Hall–Kier alpha value is -1.85. The van der Waals surface area contributed by atoms with Gasteiger partial charge in [0, 0.05) is 13.0 Å². The first-order chi connectivity index (χ1) is 27.4. The minimum Gasteiger partial charge on any atom is -0.457 e. The Kier molecular flexibility index (Phi) is 36.0. The van der Waals surface area contributed by atoms with Gasteiger partial charge in [0.2, 0.25) is 0 Å². The van der Waals surface area contributed by atoms with E-state index in [1.54, 1.807) is 0 Å². The lowest BCUT2D eigenvalue weighted by atomic mass is 9.99. The van der Waals surface area contributed by atoms with Crippen molar-refractivity contribution < 1.29 is 44.2 Å². The van der Waals surface area contributed by atoms with Crippen molar-refractivity contribution >= 4 is 5.97 Å². The van der Waals surface area contributed by atoms with Crippen LogP contribution in [0.4, 0.5) is 0 Å². The van der Waals surface area contributed by atoms with Gasteiger partial charge in [-0.15, -0.1) is 0 Å². The fourth-order valence-corrected chi connectivity index (χ4v) is 6.60. The Balaban J connectivity index is 2.28. The number of unbranched alkanes of at least 4 members (excludes halogenated alkanes) is 19. The smallest absolute Gasteiger partial charge is 0.306 e. The maximum atomic E-state index is 12.8. The van der Waals surface area contributed by atoms with Crippen LogP contribution in [0.25, 0.3) is 0 Å². The third-order valence-corrected chi connectivity index (χ3v) is 10.2. The highest BCUT2D eigenvalue weighted by molar-refractivity contribution is 5.69. The summed E-state index contributed by atoms with van der Waals surface area (Å²) in [6.45, 7) is 4.47. The maximum Gasteiger partial charge on any atom is 0.306 e. The molecule has 6 atom stereocenters. The average molecular weight is 793 g/mol. The van der Waals surface area contributed by atoms with Gasteiger partial charge in [0.05, 0.1) is 19.8 Å². The zero-order valence-corrected chi connectivity index (χ0v) is 35.6. The van der Waals surface area contributed by atoms with Gasteiger partial charge in [-0.05, 0) is 70.6 Å². The molecule has 1 aliphatic heterocycles. The molecule has 1 rings (SSSR count). The van der Waals surface area contributed by atoms with E-state index in [9.17, 15) is 25.2 Å². The zero-order valence-electron chi connectivity index (χ0n) is 35.6. The second kappa shape index (κ2) is 38.7. The first kappa shape index (κ1) is 52.2. The number of allylic oxidation sites excluding steroid dienone is 8. The lowest BCUT2D eigenvalue weighted by Gasteiger charge is -2.39. The molecule has 326 valence electrons. The van der Waals surface area contributed by atoms with Gasteiger partial charge in [0.15, 0.2) is 6.29 Å². The number of aliphatic hydroxyl groups excluding tert-OH is 4. The van der Waals surface area contributed by atoms with Crippen LogP contribution in [0.1, 0.15) is 181 Å². The Bertz CT molecular complexity index is 994. The van der Waals surface area contributed by atoms with E-state index < -0.39 is 43.4 Å². The van der Waals surface area contributed by atoms with Crippen LogP contribution in [0.2, 0.25) is 0 Å². The van der Waals surface area contributed by atoms with Crippen molar-refractivity contribution in [2.75, 3.05) is 26.4 Å². The lowest BCUT2D eigenvalue weighted by Crippen LogP contribution is -2.59. The van der Waals surface area contributed by atoms with Crippen molar-refractivity contribution in [2.24, 2.45) is 0 Å². The standard InChI is InChI=1S/C47H84O9/c1-3-5-7-9-11-13-15-17-19-20-21-22-24-26-28-30-32-34-36-43(49)55-41(40-54-47-46(52)45(51)44(50)42(38-48)56-47)39-53-37-35-33-31-29-27-25-23-18-16-14-12-10-8-6-4-2/h10,12-13,15-16,18-20,41-42,44-48,50-52H,3-9,11,14,17,21-40H2,1-2H3/b12-10-,15-13-,18-16-,20-19-. The zero-order chi connectivity index (χ0) is 40.7. The van der Waals surface area contributed by atoms with Gasteiger partial charge in [-0.2, -0.15) is 0 Å². The Morgan fingerprint density at radius 1 is 0.571 bits per heavy atom. The number of carbonyl (C=O) groups excluding carboxylic acids is 1. The van der Waals surface area contributed by atoms with Crippen LogP contribution >= 0.6 is 0 Å². The van der Waals surface area contributed by atoms with Crippen molar-refractivity contribution in [3.8, 4) is 0 Å². The number of hydrogen-bond acceptors (Lipinski definition) is 9. The summed E-state index contributed by atoms with van der Waals surface area (Å²) in [5.41, 5.74) is 0. The molecule has 0 amide bonds. The topological polar surface area (TPSA) is 135 Å². The average Bonchev–Trinajstić information content (AvgIpc) is 3.20. The fraction of sp³-hybridized carbons (Fsp3) is 0.809. The summed E-state index contributed by atoms with van der Waals surface area (Å²) in [7, 11) is 0. The summed E-state index contributed by atoms with van der Waals surface area (Å²) in [5, 5.41) is 40.1. The van der Waals surface area contributed by atoms with Crippen LogP contribution in [-0.2, 0) is 23.7 Å². The number of esters is 1. The van der Waals surface area contributed by atoms with Gasteiger partial charge in [-0.25, -0.2) is 0 Å². The summed E-state index contributed by atoms with van der Waals surface area (Å²) in [6, 6.07) is 0. The summed E-state index contributed by atoms with van der Waals surface area (Å²) in [4.78, 5) is 12.8. The van der Waals surface area contributed by atoms with Crippen molar-refractivity contribution in [3.63, 3.8) is 0 Å². The largest absolute Gasteiger partial charge is 0.457 e. The second-order valence-electron chi connectivity index (χ2n) is 15.5. The summed E-state index contributed by atoms with van der Waals surface area (Å²) < 4.78 is 22.8. The molecule has 56 heavy (non-hydrogen) atoms. The van der Waals surface area contributed by atoms with Gasteiger partial charge in [0.1, 0.15) is 30.5 Å². The molecule has 1 fully saturated rings. The highest BCUT2D eigenvalue weighted by Gasteiger charge is 2.44. The molecule has 0 aromatic carbocycles. The minimum atomic E-state index is -1.54. The predicted octanol–water partition coefficient (Wildman–Crippen LogP) is 10.1. The molecule has 1 aliphatic rings. The molecule has 4 N–H and O–H groups in total. The summed E-state index contributed by atoms with van der Waals surface area (Å²) in [6.07, 6.45) is 39.8. The molecule has 0 spiro atoms. The molecule has 9 nitrogen and oxygen atoms in total. The van der Waals surface area contributed by atoms with E-state index in [1.165, 1.54) is 89.9 Å². The fourth-order valence-electron chi connectivity index (χ4n) is 6.60. The van der Waals surface area contributed by atoms with Crippen LogP contribution in [0.5, 0.6) is 0 Å². The van der Waals surface area contributed by atoms with E-state index in [4.69, 9.17) is 18.9 Å². The predicted molar refractivity (Wildman–Crippen MR) is 228 cm³/mol. The number of aliphatic hydroxyl groups is 4. The second-order valence-corrected chi connectivity index (χ2v) is 15.5. The molecule has 0 aromatic rings. The first-order valence-corrected chi connectivity index (χ1v) is 22.7. The lowest BCUT2D eigenvalue weighted by molar-refractivity contribution is -0.305. The Morgan fingerprint density at radius 2 is 1.05 bits per heavy atom. The first-order valence-electron chi connectivity index (χ1n) is 22.7. The van der Waals surface area contributed by atoms with Gasteiger partial charge >= 0.3 is 5.97 Å². The molecule has 1 saturated heterocycles. The van der Waals surface area contributed by atoms with E-state index in [1.807, 2.05) is 0 Å². The van der Waals surface area contributed by atoms with E-state index >= 15 is 0 Å². The molecular formula is C47H84O9. The van der Waals surface area contributed by atoms with Gasteiger partial charge in [-0.1, -0.05) is 152 Å². The third-order valence-electron chi connectivity index (χ3n) is 10.2. The van der Waals surface area contributed by atoms with Crippen molar-refractivity contribution in [3.05, 3.63) is 48.6 Å². The molecule has 0 saturated carbocycles. The number of carbonyl (C=O) groups is 1. The number of rotatable bonds is 38. The SMILES string of the molecule is CCCC/C=C\C/C=C\CCCCCCCCOCC(COC1OC(CO)C(O)C(O)C1O)OC(=O)CCCCCCCCC/C=C\C/C=C\CCCCCC. The maximum absolute atomic E-state index is 12.8. The highest BCUT2D eigenvalue weighted by Crippen LogP contribution is 2.22. The Labute approximate surface area is 342 Å². The number of hydrogen-bond donors (Lipinski definition) is 4. The molecule has 6 unspecified atom stereocenters. The molecule has 9 heteroatoms. The number of ether oxygens (including phenoxy) is 4. The van der Waals surface area contributed by atoms with E-state index in [2.05, 4.69) is 62.5 Å². The van der Waals surface area contributed by atoms with Gasteiger partial charge in [0.25, 0.3) is 0 Å². The van der Waals surface area contributed by atoms with Crippen molar-refractivity contribution in [1.29, 1.82) is 0 Å². The van der Waals surface area contributed by atoms with Crippen LogP contribution in [0.15, 0.2) is 48.6 Å². The molecule has 1 heterocycles. The van der Waals surface area contributed by atoms with Crippen LogP contribution < -0.4 is 0 Å². The molecular weight excluding hydrogens is 709 g/mol. The van der Waals surface area contributed by atoms with Gasteiger partial charge in [-0.3, -0.25) is 4.79 Å². The van der Waals surface area contributed by atoms with Crippen molar-refractivity contribution in [2.45, 2.75) is 218 Å². The molecule has 0 bridgehead atoms. The molecule has 0 aromatic heterocycles. The van der Waals surface area contributed by atoms with Crippen molar-refractivity contribution in [1.82, 2.24) is 0 Å². The highest BCUT2D eigenvalue weighted by atomic mass is 16.7. The monoisotopic (exact) mass is 793 g/mol. The Morgan fingerprint density at radius 3 is 1.59 bits per heavy atom. The van der Waals surface area contributed by atoms with Gasteiger partial charge < -0.3 is 39.4 Å². The third kappa shape index (κ3) is 29.4. The van der Waals surface area contributed by atoms with Crippen LogP contribution in [0, 0.1) is 0 Å².